The first-order valence-corrected chi connectivity index (χ1v) is 27.3. The highest BCUT2D eigenvalue weighted by Gasteiger charge is 2.54. The molecule has 9 aromatic carbocycles. The van der Waals surface area contributed by atoms with Gasteiger partial charge in [0.25, 0.3) is 0 Å². The molecular formula is C72H39N9O. The second-order valence-electron chi connectivity index (χ2n) is 21.3. The molecule has 0 saturated heterocycles. The first-order chi connectivity index (χ1) is 40.6. The topological polar surface area (TPSA) is 115 Å². The number of pyridine rings is 3. The molecule has 18 rings (SSSR count). The van der Waals surface area contributed by atoms with E-state index in [-0.39, 0.29) is 0 Å². The zero-order chi connectivity index (χ0) is 53.9. The fourth-order valence-electron chi connectivity index (χ4n) is 14.2. The molecule has 1 aliphatic heterocycles. The van der Waals surface area contributed by atoms with Crippen molar-refractivity contribution in [1.82, 2.24) is 33.2 Å². The average Bonchev–Trinajstić information content (AvgIpc) is 4.48. The Morgan fingerprint density at radius 1 is 0.341 bits per heavy atom. The minimum Gasteiger partial charge on any atom is -0.452 e. The number of hydrogen-bond donors (Lipinski definition) is 0. The molecule has 0 amide bonds. The SMILES string of the molecule is N#Cc1ccc2c(c1)c1cc(C#N)ccc1n2-c1cnc2c(c1)C1(c3cc(-n4c5ccccc5c5ccccc54)cnc3-2)c2cccc(-n3c4ccccc4c4ccccc43)c2Oc2c(-n3c4ccccc4c4ccncc43)cccc21. The van der Waals surface area contributed by atoms with Crippen LogP contribution in [-0.4, -0.2) is 33.2 Å². The van der Waals surface area contributed by atoms with E-state index in [4.69, 9.17) is 19.7 Å². The summed E-state index contributed by atoms with van der Waals surface area (Å²) in [5, 5.41) is 28.9. The zero-order valence-corrected chi connectivity index (χ0v) is 43.4. The first-order valence-electron chi connectivity index (χ1n) is 27.3. The van der Waals surface area contributed by atoms with Crippen LogP contribution in [0.2, 0.25) is 0 Å². The number of nitrogens with zero attached hydrogens (tertiary/aromatic N) is 9. The summed E-state index contributed by atoms with van der Waals surface area (Å²) in [6.07, 6.45) is 7.75. The van der Waals surface area contributed by atoms with E-state index in [1.807, 2.05) is 61.2 Å². The smallest absolute Gasteiger partial charge is 0.156 e. The molecular weight excluding hydrogens is 1010 g/mol. The summed E-state index contributed by atoms with van der Waals surface area (Å²) in [6.45, 7) is 0. The molecule has 0 N–H and O–H groups in total. The van der Waals surface area contributed by atoms with Crippen LogP contribution in [0.15, 0.2) is 237 Å². The number of benzene rings is 9. The van der Waals surface area contributed by atoms with Crippen LogP contribution >= 0.6 is 0 Å². The lowest BCUT2D eigenvalue weighted by atomic mass is 9.66. The Kier molecular flexibility index (Phi) is 8.80. The van der Waals surface area contributed by atoms with Crippen molar-refractivity contribution in [1.29, 1.82) is 10.5 Å². The van der Waals surface area contributed by atoms with Crippen LogP contribution in [0, 0.1) is 22.7 Å². The summed E-state index contributed by atoms with van der Waals surface area (Å²) in [5.41, 5.74) is 16.6. The summed E-state index contributed by atoms with van der Waals surface area (Å²) in [6, 6.07) is 79.1. The molecule has 0 saturated carbocycles. The van der Waals surface area contributed by atoms with E-state index in [1.165, 1.54) is 0 Å². The van der Waals surface area contributed by atoms with Crippen LogP contribution in [0.4, 0.5) is 0 Å². The summed E-state index contributed by atoms with van der Waals surface area (Å²) in [7, 11) is 0. The molecule has 1 aliphatic carbocycles. The Morgan fingerprint density at radius 3 is 1.17 bits per heavy atom. The van der Waals surface area contributed by atoms with Gasteiger partial charge in [0.1, 0.15) is 0 Å². The lowest BCUT2D eigenvalue weighted by Crippen LogP contribution is -2.33. The molecule has 1 spiro atoms. The van der Waals surface area contributed by atoms with E-state index >= 15 is 0 Å². The van der Waals surface area contributed by atoms with Gasteiger partial charge in [0.15, 0.2) is 11.5 Å². The van der Waals surface area contributed by atoms with E-state index in [0.717, 1.165) is 144 Å². The van der Waals surface area contributed by atoms with Gasteiger partial charge in [0.05, 0.1) is 126 Å². The average molecular weight is 1050 g/mol. The Labute approximate surface area is 467 Å². The van der Waals surface area contributed by atoms with Crippen LogP contribution in [0.25, 0.3) is 121 Å². The lowest BCUT2D eigenvalue weighted by molar-refractivity contribution is 0.433. The summed E-state index contributed by atoms with van der Waals surface area (Å²) < 4.78 is 17.1. The number of para-hydroxylation sites is 7. The zero-order valence-electron chi connectivity index (χ0n) is 43.4. The highest BCUT2D eigenvalue weighted by molar-refractivity contribution is 6.13. The third-order valence-corrected chi connectivity index (χ3v) is 17.4. The van der Waals surface area contributed by atoms with Crippen molar-refractivity contribution in [2.75, 3.05) is 0 Å². The van der Waals surface area contributed by atoms with Crippen molar-refractivity contribution in [3.63, 3.8) is 0 Å². The van der Waals surface area contributed by atoms with Crippen LogP contribution in [0.1, 0.15) is 33.4 Å². The molecule has 0 fully saturated rings. The molecule has 378 valence electrons. The van der Waals surface area contributed by atoms with Crippen molar-refractivity contribution < 1.29 is 4.74 Å². The van der Waals surface area contributed by atoms with Gasteiger partial charge in [0, 0.05) is 71.5 Å². The summed E-state index contributed by atoms with van der Waals surface area (Å²) in [4.78, 5) is 15.9. The highest BCUT2D eigenvalue weighted by atomic mass is 16.5. The predicted octanol–water partition coefficient (Wildman–Crippen LogP) is 16.5. The van der Waals surface area contributed by atoms with E-state index in [1.54, 1.807) is 0 Å². The second-order valence-corrected chi connectivity index (χ2v) is 21.3. The molecule has 16 aromatic rings. The van der Waals surface area contributed by atoms with Gasteiger partial charge >= 0.3 is 0 Å². The Hall–Kier alpha value is -11.6. The van der Waals surface area contributed by atoms with Crippen LogP contribution in [0.5, 0.6) is 11.5 Å². The molecule has 10 nitrogen and oxygen atoms in total. The van der Waals surface area contributed by atoms with Crippen molar-refractivity contribution in [3.8, 4) is 57.8 Å². The Balaban J connectivity index is 1.02. The second kappa shape index (κ2) is 16.2. The van der Waals surface area contributed by atoms with Crippen molar-refractivity contribution in [2.45, 2.75) is 5.41 Å². The normalized spacial score (nSPS) is 14.2. The van der Waals surface area contributed by atoms with Crippen molar-refractivity contribution in [3.05, 3.63) is 270 Å². The van der Waals surface area contributed by atoms with Gasteiger partial charge in [-0.2, -0.15) is 10.5 Å². The monoisotopic (exact) mass is 1050 g/mol. The van der Waals surface area contributed by atoms with Gasteiger partial charge in [-0.15, -0.1) is 0 Å². The first kappa shape index (κ1) is 44.4. The van der Waals surface area contributed by atoms with E-state index < -0.39 is 5.41 Å². The van der Waals surface area contributed by atoms with Gasteiger partial charge in [-0.3, -0.25) is 15.0 Å². The summed E-state index contributed by atoms with van der Waals surface area (Å²) in [5.74, 6) is 1.38. The highest BCUT2D eigenvalue weighted by Crippen LogP contribution is 2.64. The third kappa shape index (κ3) is 5.66. The molecule has 7 aromatic heterocycles. The molecule has 0 bridgehead atoms. The number of hydrogen-bond acceptors (Lipinski definition) is 6. The minimum absolute atomic E-state index is 0.532. The standard InChI is InChI=1S/C72H39N9O/c73-37-42-27-29-63-52(33-42)53-34-43(38-74)28-30-64(53)79(63)45-36-57-69(77-40-45)68-56(35-44(39-76-68)78-58-20-6-1-13-46(58)47-14-2-7-21-59(47)78)72(57)54-18-11-25-65(80-60-22-8-3-15-48(60)49-16-4-9-23-61(49)80)70(54)82-71-55(72)19-12-26-66(71)81-62-24-10-5-17-50(62)51-31-32-75-41-67(51)81/h1-36,39-41H. The van der Waals surface area contributed by atoms with Gasteiger partial charge in [-0.05, 0) is 97.1 Å². The maximum Gasteiger partial charge on any atom is 0.156 e. The largest absolute Gasteiger partial charge is 0.452 e. The number of fused-ring (bicyclic) bond motifs is 21. The maximum atomic E-state index is 10.2. The van der Waals surface area contributed by atoms with Crippen LogP contribution < -0.4 is 4.74 Å². The third-order valence-electron chi connectivity index (χ3n) is 17.4. The Morgan fingerprint density at radius 2 is 0.732 bits per heavy atom. The van der Waals surface area contributed by atoms with E-state index in [0.29, 0.717) is 22.6 Å². The predicted molar refractivity (Wildman–Crippen MR) is 324 cm³/mol. The molecule has 1 unspecified atom stereocenters. The van der Waals surface area contributed by atoms with Gasteiger partial charge in [-0.1, -0.05) is 115 Å². The lowest BCUT2D eigenvalue weighted by Gasteiger charge is -2.40. The molecule has 8 heterocycles. The van der Waals surface area contributed by atoms with Gasteiger partial charge in [-0.25, -0.2) is 0 Å². The fourth-order valence-corrected chi connectivity index (χ4v) is 14.2. The molecule has 1 atom stereocenters. The molecule has 82 heavy (non-hydrogen) atoms. The van der Waals surface area contributed by atoms with Gasteiger partial charge < -0.3 is 23.0 Å². The number of rotatable bonds is 4. The number of aromatic nitrogens is 7. The maximum absolute atomic E-state index is 10.2. The quantitative estimate of drug-likeness (QED) is 0.173. The molecule has 2 aliphatic rings. The van der Waals surface area contributed by atoms with Crippen LogP contribution in [-0.2, 0) is 5.41 Å². The van der Waals surface area contributed by atoms with Crippen molar-refractivity contribution in [2.24, 2.45) is 0 Å². The van der Waals surface area contributed by atoms with Crippen molar-refractivity contribution >= 4 is 87.2 Å². The number of nitriles is 2. The van der Waals surface area contributed by atoms with E-state index in [9.17, 15) is 10.5 Å². The Bertz CT molecular complexity index is 5230. The number of ether oxygens (including phenoxy) is 1. The van der Waals surface area contributed by atoms with E-state index in [2.05, 4.69) is 206 Å². The summed E-state index contributed by atoms with van der Waals surface area (Å²) >= 11 is 0. The fraction of sp³-hybridized carbons (Fsp3) is 0.0139. The minimum atomic E-state index is -1.14. The molecule has 0 radical (unpaired) electrons. The van der Waals surface area contributed by atoms with Gasteiger partial charge in [0.2, 0.25) is 0 Å². The molecule has 10 heteroatoms. The van der Waals surface area contributed by atoms with Crippen LogP contribution in [0.3, 0.4) is 0 Å².